The van der Waals surface area contributed by atoms with Gasteiger partial charge in [0.05, 0.1) is 25.4 Å². The minimum Gasteiger partial charge on any atom is -0.383 e. The van der Waals surface area contributed by atoms with E-state index in [-0.39, 0.29) is 35.2 Å². The molecule has 0 unspecified atom stereocenters. The number of aryl methyl sites for hydroxylation is 1. The maximum atomic E-state index is 14.3. The van der Waals surface area contributed by atoms with Gasteiger partial charge in [0.1, 0.15) is 5.82 Å². The van der Waals surface area contributed by atoms with Gasteiger partial charge in [0.2, 0.25) is 0 Å². The zero-order chi connectivity index (χ0) is 20.9. The first-order valence-corrected chi connectivity index (χ1v) is 10.3. The molecular formula is C22H33FIN5O. The monoisotopic (exact) mass is 529 g/mol. The first-order valence-electron chi connectivity index (χ1n) is 10.3. The first kappa shape index (κ1) is 24.6. The van der Waals surface area contributed by atoms with E-state index in [0.717, 1.165) is 54.4 Å². The summed E-state index contributed by atoms with van der Waals surface area (Å²) in [6.45, 7) is 9.47. The Morgan fingerprint density at radius 3 is 2.63 bits per heavy atom. The Morgan fingerprint density at radius 2 is 2.00 bits per heavy atom. The predicted molar refractivity (Wildman–Crippen MR) is 129 cm³/mol. The number of hydrogen-bond donors (Lipinski definition) is 2. The van der Waals surface area contributed by atoms with Crippen LogP contribution in [0.2, 0.25) is 0 Å². The van der Waals surface area contributed by atoms with E-state index in [9.17, 15) is 4.39 Å². The van der Waals surface area contributed by atoms with Crippen molar-refractivity contribution in [3.8, 4) is 0 Å². The van der Waals surface area contributed by atoms with E-state index in [1.54, 1.807) is 19.2 Å². The van der Waals surface area contributed by atoms with Crippen LogP contribution in [0.5, 0.6) is 0 Å². The normalized spacial score (nSPS) is 14.9. The Hall–Kier alpha value is -1.68. The Morgan fingerprint density at radius 1 is 1.27 bits per heavy atom. The van der Waals surface area contributed by atoms with Crippen LogP contribution in [0.3, 0.4) is 0 Å². The van der Waals surface area contributed by atoms with E-state index in [1.165, 1.54) is 0 Å². The van der Waals surface area contributed by atoms with Crippen LogP contribution in [-0.4, -0.2) is 42.5 Å². The summed E-state index contributed by atoms with van der Waals surface area (Å²) in [6, 6.07) is 7.09. The molecule has 0 bridgehead atoms. The van der Waals surface area contributed by atoms with E-state index in [0.29, 0.717) is 19.7 Å². The number of rotatable bonds is 9. The van der Waals surface area contributed by atoms with Crippen molar-refractivity contribution in [2.45, 2.75) is 52.1 Å². The van der Waals surface area contributed by atoms with Gasteiger partial charge in [-0.1, -0.05) is 18.2 Å². The van der Waals surface area contributed by atoms with Crippen molar-refractivity contribution >= 4 is 29.9 Å². The van der Waals surface area contributed by atoms with Gasteiger partial charge in [-0.05, 0) is 45.2 Å². The number of halogens is 2. The van der Waals surface area contributed by atoms with Crippen LogP contribution in [0, 0.1) is 19.7 Å². The first-order chi connectivity index (χ1) is 14.0. The highest BCUT2D eigenvalue weighted by Crippen LogP contribution is 2.48. The number of benzene rings is 1. The van der Waals surface area contributed by atoms with Gasteiger partial charge in [0.15, 0.2) is 5.96 Å². The van der Waals surface area contributed by atoms with Crippen molar-refractivity contribution in [1.29, 1.82) is 0 Å². The zero-order valence-corrected chi connectivity index (χ0v) is 20.6. The minimum absolute atomic E-state index is 0. The Labute approximate surface area is 195 Å². The Bertz CT molecular complexity index is 863. The van der Waals surface area contributed by atoms with Crippen LogP contribution in [0.4, 0.5) is 4.39 Å². The van der Waals surface area contributed by atoms with Gasteiger partial charge in [-0.15, -0.1) is 24.0 Å². The van der Waals surface area contributed by atoms with Crippen LogP contribution in [-0.2, 0) is 23.2 Å². The maximum absolute atomic E-state index is 14.3. The lowest BCUT2D eigenvalue weighted by Gasteiger charge is -2.19. The Kier molecular flexibility index (Phi) is 9.09. The second kappa shape index (κ2) is 11.1. The molecule has 2 N–H and O–H groups in total. The maximum Gasteiger partial charge on any atom is 0.191 e. The Balaban J connectivity index is 0.00000320. The van der Waals surface area contributed by atoms with Crippen molar-refractivity contribution in [2.24, 2.45) is 4.99 Å². The molecule has 0 saturated heterocycles. The minimum atomic E-state index is -0.127. The number of hydrogen-bond acceptors (Lipinski definition) is 3. The summed E-state index contributed by atoms with van der Waals surface area (Å²) in [7, 11) is 1.69. The van der Waals surface area contributed by atoms with Crippen LogP contribution in [0.15, 0.2) is 29.3 Å². The zero-order valence-electron chi connectivity index (χ0n) is 18.3. The molecule has 0 spiro atoms. The van der Waals surface area contributed by atoms with Gasteiger partial charge in [-0.3, -0.25) is 4.68 Å². The predicted octanol–water partition coefficient (Wildman–Crippen LogP) is 3.69. The van der Waals surface area contributed by atoms with Gasteiger partial charge in [-0.25, -0.2) is 9.38 Å². The van der Waals surface area contributed by atoms with Gasteiger partial charge in [0.25, 0.3) is 0 Å². The van der Waals surface area contributed by atoms with Gasteiger partial charge in [0, 0.05) is 36.9 Å². The number of aliphatic imine (C=N–C) groups is 1. The smallest absolute Gasteiger partial charge is 0.191 e. The molecule has 2 aromatic rings. The van der Waals surface area contributed by atoms with E-state index >= 15 is 0 Å². The summed E-state index contributed by atoms with van der Waals surface area (Å²) in [5.41, 5.74) is 3.91. The number of aromatic nitrogens is 2. The molecule has 0 radical (unpaired) electrons. The van der Waals surface area contributed by atoms with E-state index in [2.05, 4.69) is 22.7 Å². The third-order valence-electron chi connectivity index (χ3n) is 5.67. The topological polar surface area (TPSA) is 63.5 Å². The average molecular weight is 529 g/mol. The number of nitrogens with one attached hydrogen (secondary N) is 2. The number of guanidine groups is 1. The highest BCUT2D eigenvalue weighted by molar-refractivity contribution is 14.0. The van der Waals surface area contributed by atoms with E-state index in [4.69, 9.17) is 9.73 Å². The van der Waals surface area contributed by atoms with Gasteiger partial charge < -0.3 is 15.4 Å². The molecule has 1 aromatic heterocycles. The third kappa shape index (κ3) is 5.72. The number of ether oxygens (including phenoxy) is 1. The summed E-state index contributed by atoms with van der Waals surface area (Å²) in [4.78, 5) is 4.76. The highest BCUT2D eigenvalue weighted by atomic mass is 127. The molecule has 0 aliphatic heterocycles. The SMILES string of the molecule is CCNC(=NCc1c(C)nn(CCOC)c1C)NCC1(c2ccccc2F)CC1.I. The second-order valence-electron chi connectivity index (χ2n) is 7.67. The fourth-order valence-corrected chi connectivity index (χ4v) is 3.69. The fraction of sp³-hybridized carbons (Fsp3) is 0.545. The summed E-state index contributed by atoms with van der Waals surface area (Å²) < 4.78 is 21.4. The number of methoxy groups -OCH3 is 1. The fourth-order valence-electron chi connectivity index (χ4n) is 3.69. The highest BCUT2D eigenvalue weighted by Gasteiger charge is 2.45. The molecular weight excluding hydrogens is 496 g/mol. The van der Waals surface area contributed by atoms with Crippen LogP contribution < -0.4 is 10.6 Å². The number of nitrogens with zero attached hydrogens (tertiary/aromatic N) is 3. The molecule has 1 heterocycles. The van der Waals surface area contributed by atoms with Crippen LogP contribution in [0.1, 0.15) is 42.3 Å². The van der Waals surface area contributed by atoms with Crippen molar-refractivity contribution in [3.63, 3.8) is 0 Å². The lowest BCUT2D eigenvalue weighted by Crippen LogP contribution is -2.41. The molecule has 1 aromatic carbocycles. The molecule has 0 amide bonds. The molecule has 1 aliphatic rings. The van der Waals surface area contributed by atoms with Gasteiger partial charge >= 0.3 is 0 Å². The second-order valence-corrected chi connectivity index (χ2v) is 7.67. The molecule has 0 atom stereocenters. The van der Waals surface area contributed by atoms with Crippen molar-refractivity contribution in [3.05, 3.63) is 52.6 Å². The van der Waals surface area contributed by atoms with Crippen molar-refractivity contribution < 1.29 is 9.13 Å². The molecule has 6 nitrogen and oxygen atoms in total. The average Bonchev–Trinajstić information content (AvgIpc) is 3.44. The molecule has 1 fully saturated rings. The van der Waals surface area contributed by atoms with E-state index in [1.807, 2.05) is 30.7 Å². The summed E-state index contributed by atoms with van der Waals surface area (Å²) >= 11 is 0. The summed E-state index contributed by atoms with van der Waals surface area (Å²) in [6.07, 6.45) is 1.98. The van der Waals surface area contributed by atoms with Crippen LogP contribution in [0.25, 0.3) is 0 Å². The lowest BCUT2D eigenvalue weighted by molar-refractivity contribution is 0.182. The van der Waals surface area contributed by atoms with Crippen molar-refractivity contribution in [1.82, 2.24) is 20.4 Å². The standard InChI is InChI=1S/C22H32FN5O.HI/c1-5-24-21(25-14-18-16(2)27-28(17(18)3)12-13-29-4)26-15-22(10-11-22)19-8-6-7-9-20(19)23;/h6-9H,5,10-15H2,1-4H3,(H2,24,25,26);1H. The molecule has 30 heavy (non-hydrogen) atoms. The molecule has 8 heteroatoms. The van der Waals surface area contributed by atoms with Crippen LogP contribution >= 0.6 is 24.0 Å². The molecule has 166 valence electrons. The summed E-state index contributed by atoms with van der Waals surface area (Å²) in [5, 5.41) is 11.3. The van der Waals surface area contributed by atoms with Crippen molar-refractivity contribution in [2.75, 3.05) is 26.8 Å². The summed E-state index contributed by atoms with van der Waals surface area (Å²) in [5.74, 6) is 0.627. The molecule has 3 rings (SSSR count). The quantitative estimate of drug-likeness (QED) is 0.296. The van der Waals surface area contributed by atoms with E-state index < -0.39 is 0 Å². The molecule has 1 saturated carbocycles. The third-order valence-corrected chi connectivity index (χ3v) is 5.67. The molecule has 1 aliphatic carbocycles. The lowest BCUT2D eigenvalue weighted by atomic mass is 9.95. The van der Waals surface area contributed by atoms with Gasteiger partial charge in [-0.2, -0.15) is 5.10 Å². The largest absolute Gasteiger partial charge is 0.383 e.